The second kappa shape index (κ2) is 16.0. The van der Waals surface area contributed by atoms with Crippen molar-refractivity contribution < 1.29 is 49.4 Å². The topological polar surface area (TPSA) is 80.6 Å². The monoisotopic (exact) mass is 729 g/mol. The number of carbonyl (C=O) groups is 2. The molecule has 2 aromatic carbocycles. The van der Waals surface area contributed by atoms with Crippen LogP contribution in [0.2, 0.25) is 0 Å². The van der Waals surface area contributed by atoms with Gasteiger partial charge in [0, 0.05) is 24.4 Å². The molecule has 3 aromatic rings. The summed E-state index contributed by atoms with van der Waals surface area (Å²) in [5.74, 6) is -4.48. The molecule has 1 N–H and O–H groups in total. The third-order valence-electron chi connectivity index (χ3n) is 8.88. The molecule has 0 radical (unpaired) electrons. The number of carbonyl (C=O) groups excluding carboxylic acids is 2. The molecular weight excluding hydrogens is 690 g/mol. The Morgan fingerprint density at radius 3 is 2.08 bits per heavy atom. The average molecular weight is 730 g/mol. The van der Waals surface area contributed by atoms with Crippen molar-refractivity contribution in [1.29, 1.82) is 0 Å². The molecule has 1 aromatic heterocycles. The summed E-state index contributed by atoms with van der Waals surface area (Å²) in [6.45, 7) is 7.55. The summed E-state index contributed by atoms with van der Waals surface area (Å²) in [6.07, 6.45) is -9.01. The van der Waals surface area contributed by atoms with E-state index in [0.717, 1.165) is 35.4 Å². The van der Waals surface area contributed by atoms with Gasteiger partial charge in [-0.1, -0.05) is 13.3 Å². The quantitative estimate of drug-likeness (QED) is 0.143. The molecule has 1 unspecified atom stereocenters. The Morgan fingerprint density at radius 2 is 1.55 bits per heavy atom. The van der Waals surface area contributed by atoms with Gasteiger partial charge >= 0.3 is 18.3 Å². The van der Waals surface area contributed by atoms with E-state index < -0.39 is 76.6 Å². The molecule has 1 amide bonds. The zero-order chi connectivity index (χ0) is 37.8. The molecule has 0 aliphatic carbocycles. The molecule has 1 fully saturated rings. The molecule has 7 nitrogen and oxygen atoms in total. The molecule has 2 heterocycles. The summed E-state index contributed by atoms with van der Waals surface area (Å²) in [7, 11) is 0. The van der Waals surface area contributed by atoms with E-state index in [2.05, 4.69) is 5.32 Å². The Morgan fingerprint density at radius 1 is 0.922 bits per heavy atom. The van der Waals surface area contributed by atoms with Crippen LogP contribution in [0.15, 0.2) is 41.3 Å². The Kier molecular flexibility index (Phi) is 12.4. The van der Waals surface area contributed by atoms with Gasteiger partial charge in [0.2, 0.25) is 5.91 Å². The maximum absolute atomic E-state index is 15.9. The molecule has 2 atom stereocenters. The molecular formula is C36H39F8N3O4. The van der Waals surface area contributed by atoms with Crippen molar-refractivity contribution in [3.63, 3.8) is 0 Å². The zero-order valence-electron chi connectivity index (χ0n) is 28.5. The summed E-state index contributed by atoms with van der Waals surface area (Å²) in [6, 6.07) is 0.898. The molecule has 15 heteroatoms. The van der Waals surface area contributed by atoms with Gasteiger partial charge in [0.05, 0.1) is 30.2 Å². The lowest BCUT2D eigenvalue weighted by molar-refractivity contribution is -0.144. The lowest BCUT2D eigenvalue weighted by atomic mass is 9.90. The molecule has 51 heavy (non-hydrogen) atoms. The van der Waals surface area contributed by atoms with Crippen LogP contribution in [0.4, 0.5) is 35.1 Å². The van der Waals surface area contributed by atoms with Crippen molar-refractivity contribution in [2.45, 2.75) is 84.2 Å². The fraction of sp³-hybridized carbons (Fsp3) is 0.472. The highest BCUT2D eigenvalue weighted by atomic mass is 19.4. The van der Waals surface area contributed by atoms with Crippen LogP contribution in [0.25, 0.3) is 11.1 Å². The van der Waals surface area contributed by atoms with E-state index in [4.69, 9.17) is 4.74 Å². The van der Waals surface area contributed by atoms with Gasteiger partial charge in [-0.2, -0.15) is 26.3 Å². The summed E-state index contributed by atoms with van der Waals surface area (Å²) >= 11 is 0. The number of halogens is 8. The SMILES string of the molecule is CCCC(C(=O)N[C@@H](CC(=O)OCC)c1cc(-c2c(C)cc(F)cc2C)cc(C(F)(F)F)c1F)n1cc(CCN2CCC2)c(C(F)(F)F)cc1=O. The van der Waals surface area contributed by atoms with Crippen LogP contribution in [-0.2, 0) is 33.1 Å². The molecule has 4 rings (SSSR count). The number of nitrogens with zero attached hydrogens (tertiary/aromatic N) is 2. The van der Waals surface area contributed by atoms with Crippen molar-refractivity contribution in [2.24, 2.45) is 0 Å². The Hall–Kier alpha value is -4.27. The fourth-order valence-electron chi connectivity index (χ4n) is 6.36. The van der Waals surface area contributed by atoms with Crippen molar-refractivity contribution in [3.05, 3.63) is 91.9 Å². The summed E-state index contributed by atoms with van der Waals surface area (Å²) in [5.41, 5.74) is -4.53. The van der Waals surface area contributed by atoms with E-state index in [0.29, 0.717) is 25.2 Å². The molecule has 0 spiro atoms. The number of aromatic nitrogens is 1. The van der Waals surface area contributed by atoms with E-state index in [-0.39, 0.29) is 60.2 Å². The largest absolute Gasteiger partial charge is 0.466 e. The fourth-order valence-corrected chi connectivity index (χ4v) is 6.36. The predicted molar refractivity (Wildman–Crippen MR) is 173 cm³/mol. The molecule has 278 valence electrons. The van der Waals surface area contributed by atoms with Crippen LogP contribution in [0.3, 0.4) is 0 Å². The summed E-state index contributed by atoms with van der Waals surface area (Å²) in [4.78, 5) is 41.8. The first-order valence-electron chi connectivity index (χ1n) is 16.5. The first kappa shape index (κ1) is 39.5. The summed E-state index contributed by atoms with van der Waals surface area (Å²) < 4.78 is 121. The minimum atomic E-state index is -5.24. The van der Waals surface area contributed by atoms with Crippen LogP contribution in [0.1, 0.15) is 85.0 Å². The van der Waals surface area contributed by atoms with Gasteiger partial charge in [-0.25, -0.2) is 8.78 Å². The van der Waals surface area contributed by atoms with Gasteiger partial charge < -0.3 is 19.5 Å². The number of likely N-dealkylation sites (tertiary alicyclic amines) is 1. The number of hydrogen-bond acceptors (Lipinski definition) is 5. The van der Waals surface area contributed by atoms with Crippen LogP contribution in [-0.4, -0.2) is 47.6 Å². The van der Waals surface area contributed by atoms with Crippen molar-refractivity contribution in [1.82, 2.24) is 14.8 Å². The van der Waals surface area contributed by atoms with Crippen LogP contribution < -0.4 is 10.9 Å². The summed E-state index contributed by atoms with van der Waals surface area (Å²) in [5, 5.41) is 2.41. The Balaban J connectivity index is 1.85. The smallest absolute Gasteiger partial charge is 0.419 e. The number of hydrogen-bond donors (Lipinski definition) is 1. The molecule has 1 saturated heterocycles. The first-order chi connectivity index (χ1) is 23.8. The van der Waals surface area contributed by atoms with Gasteiger partial charge in [0.1, 0.15) is 17.7 Å². The highest BCUT2D eigenvalue weighted by Gasteiger charge is 2.39. The van der Waals surface area contributed by atoms with Crippen molar-refractivity contribution in [3.8, 4) is 11.1 Å². The minimum absolute atomic E-state index is 0.0818. The minimum Gasteiger partial charge on any atom is -0.466 e. The molecule has 1 aliphatic rings. The van der Waals surface area contributed by atoms with E-state index in [1.165, 1.54) is 20.8 Å². The average Bonchev–Trinajstić information content (AvgIpc) is 2.98. The van der Waals surface area contributed by atoms with Gasteiger partial charge in [-0.15, -0.1) is 0 Å². The normalized spacial score (nSPS) is 14.9. The van der Waals surface area contributed by atoms with Gasteiger partial charge in [-0.05, 0) is 105 Å². The zero-order valence-corrected chi connectivity index (χ0v) is 28.5. The van der Waals surface area contributed by atoms with Gasteiger partial charge in [-0.3, -0.25) is 14.4 Å². The standard InChI is InChI=1S/C36H39F8N3O4/c1-5-8-29(47-19-22(9-12-46-10-7-11-46)26(17-30(47)48)35(39,40)41)34(50)45-28(18-31(49)51-6-2)25-15-23(16-27(33(25)38)36(42,43)44)32-20(3)13-24(37)14-21(32)4/h13-17,19,28-29H,5-12,18H2,1-4H3,(H,45,50)/t28-,29?/m0/s1. The van der Waals surface area contributed by atoms with E-state index in [1.807, 2.05) is 4.90 Å². The number of aryl methyl sites for hydroxylation is 2. The van der Waals surface area contributed by atoms with E-state index in [1.54, 1.807) is 6.92 Å². The third-order valence-corrected chi connectivity index (χ3v) is 8.88. The number of nitrogens with one attached hydrogen (secondary N) is 1. The second-order valence-electron chi connectivity index (χ2n) is 12.6. The van der Waals surface area contributed by atoms with Crippen molar-refractivity contribution >= 4 is 11.9 Å². The Bertz CT molecular complexity index is 1790. The lowest BCUT2D eigenvalue weighted by Crippen LogP contribution is -2.41. The van der Waals surface area contributed by atoms with Gasteiger partial charge in [0.15, 0.2) is 0 Å². The first-order valence-corrected chi connectivity index (χ1v) is 16.5. The number of rotatable bonds is 13. The third kappa shape index (κ3) is 9.35. The number of esters is 1. The van der Waals surface area contributed by atoms with E-state index >= 15 is 4.39 Å². The van der Waals surface area contributed by atoms with Crippen LogP contribution in [0, 0.1) is 25.5 Å². The number of benzene rings is 2. The maximum Gasteiger partial charge on any atom is 0.419 e. The Labute approximate surface area is 289 Å². The van der Waals surface area contributed by atoms with Crippen molar-refractivity contribution in [2.75, 3.05) is 26.2 Å². The maximum atomic E-state index is 15.9. The number of amides is 1. The second-order valence-corrected chi connectivity index (χ2v) is 12.6. The number of alkyl halides is 6. The molecule has 0 bridgehead atoms. The lowest BCUT2D eigenvalue weighted by Gasteiger charge is -2.31. The van der Waals surface area contributed by atoms with Crippen LogP contribution >= 0.6 is 0 Å². The number of ether oxygens (including phenoxy) is 1. The highest BCUT2D eigenvalue weighted by molar-refractivity contribution is 5.82. The van der Waals surface area contributed by atoms with Crippen LogP contribution in [0.5, 0.6) is 0 Å². The van der Waals surface area contributed by atoms with E-state index in [9.17, 15) is 45.1 Å². The van der Waals surface area contributed by atoms with Gasteiger partial charge in [0.25, 0.3) is 5.56 Å². The predicted octanol–water partition coefficient (Wildman–Crippen LogP) is 7.85. The number of pyridine rings is 1. The molecule has 0 saturated carbocycles. The molecule has 1 aliphatic heterocycles. The highest BCUT2D eigenvalue weighted by Crippen LogP contribution is 2.40.